The maximum Gasteiger partial charge on any atom is 0.238 e. The molecule has 0 saturated heterocycles. The lowest BCUT2D eigenvalue weighted by atomic mass is 10.1. The maximum absolute atomic E-state index is 6.17. The highest BCUT2D eigenvalue weighted by Gasteiger charge is 2.08. The molecular formula is C15H17ClN2O2. The Morgan fingerprint density at radius 3 is 2.60 bits per heavy atom. The van der Waals surface area contributed by atoms with Crippen LogP contribution in [0.1, 0.15) is 11.1 Å². The van der Waals surface area contributed by atoms with Crippen molar-refractivity contribution >= 4 is 11.6 Å². The van der Waals surface area contributed by atoms with Crippen molar-refractivity contribution in [3.63, 3.8) is 0 Å². The van der Waals surface area contributed by atoms with E-state index in [2.05, 4.69) is 4.98 Å². The molecule has 0 aliphatic rings. The summed E-state index contributed by atoms with van der Waals surface area (Å²) in [6.45, 7) is 1.06. The van der Waals surface area contributed by atoms with Crippen molar-refractivity contribution in [2.75, 3.05) is 13.7 Å². The molecule has 0 amide bonds. The Balaban J connectivity index is 2.10. The standard InChI is InChI=1S/C15H17ClN2O2/c1-19-9-7-11-2-4-13(5-3-11)20-15-14(16)12(10-17)6-8-18-15/h2-6,8H,7,9-10,17H2,1H3. The molecule has 1 aromatic heterocycles. The van der Waals surface area contributed by atoms with Crippen molar-refractivity contribution in [2.24, 2.45) is 5.73 Å². The van der Waals surface area contributed by atoms with Gasteiger partial charge >= 0.3 is 0 Å². The summed E-state index contributed by atoms with van der Waals surface area (Å²) in [4.78, 5) is 4.12. The molecule has 1 heterocycles. The summed E-state index contributed by atoms with van der Waals surface area (Å²) in [6, 6.07) is 9.55. The molecule has 106 valence electrons. The van der Waals surface area contributed by atoms with Gasteiger partial charge in [-0.2, -0.15) is 0 Å². The van der Waals surface area contributed by atoms with Gasteiger partial charge < -0.3 is 15.2 Å². The van der Waals surface area contributed by atoms with E-state index in [4.69, 9.17) is 26.8 Å². The summed E-state index contributed by atoms with van der Waals surface area (Å²) in [6.07, 6.45) is 2.51. The Morgan fingerprint density at radius 1 is 1.20 bits per heavy atom. The van der Waals surface area contributed by atoms with E-state index in [9.17, 15) is 0 Å². The van der Waals surface area contributed by atoms with Crippen LogP contribution in [0.15, 0.2) is 36.5 Å². The second kappa shape index (κ2) is 7.24. The van der Waals surface area contributed by atoms with Crippen LogP contribution >= 0.6 is 11.6 Å². The molecule has 0 radical (unpaired) electrons. The Morgan fingerprint density at radius 2 is 1.95 bits per heavy atom. The summed E-state index contributed by atoms with van der Waals surface area (Å²) in [5.41, 5.74) is 7.60. The minimum absolute atomic E-state index is 0.355. The van der Waals surface area contributed by atoms with Crippen LogP contribution in [-0.4, -0.2) is 18.7 Å². The molecule has 2 rings (SSSR count). The molecule has 20 heavy (non-hydrogen) atoms. The number of benzene rings is 1. The molecule has 4 nitrogen and oxygen atoms in total. The van der Waals surface area contributed by atoms with Crippen molar-refractivity contribution in [1.82, 2.24) is 4.98 Å². The van der Waals surface area contributed by atoms with Crippen LogP contribution in [-0.2, 0) is 17.7 Å². The largest absolute Gasteiger partial charge is 0.438 e. The third-order valence-corrected chi connectivity index (χ3v) is 3.29. The van der Waals surface area contributed by atoms with Crippen molar-refractivity contribution in [3.8, 4) is 11.6 Å². The number of halogens is 1. The molecule has 0 atom stereocenters. The summed E-state index contributed by atoms with van der Waals surface area (Å²) < 4.78 is 10.7. The number of hydrogen-bond acceptors (Lipinski definition) is 4. The molecule has 1 aromatic carbocycles. The number of aromatic nitrogens is 1. The Kier molecular flexibility index (Phi) is 5.35. The number of pyridine rings is 1. The van der Waals surface area contributed by atoms with Gasteiger partial charge in [-0.25, -0.2) is 4.98 Å². The average molecular weight is 293 g/mol. The van der Waals surface area contributed by atoms with E-state index in [1.165, 1.54) is 5.56 Å². The molecule has 0 spiro atoms. The second-order valence-electron chi connectivity index (χ2n) is 4.28. The molecule has 0 aliphatic carbocycles. The van der Waals surface area contributed by atoms with Crippen LogP contribution in [0.25, 0.3) is 0 Å². The van der Waals surface area contributed by atoms with Gasteiger partial charge in [0.1, 0.15) is 10.8 Å². The van der Waals surface area contributed by atoms with Crippen LogP contribution in [0.3, 0.4) is 0 Å². The van der Waals surface area contributed by atoms with Gasteiger partial charge in [0.15, 0.2) is 0 Å². The smallest absolute Gasteiger partial charge is 0.238 e. The highest BCUT2D eigenvalue weighted by atomic mass is 35.5. The van der Waals surface area contributed by atoms with E-state index < -0.39 is 0 Å². The Hall–Kier alpha value is -1.62. The van der Waals surface area contributed by atoms with Gasteiger partial charge in [-0.05, 0) is 35.7 Å². The fourth-order valence-corrected chi connectivity index (χ4v) is 1.97. The number of nitrogens with zero attached hydrogens (tertiary/aromatic N) is 1. The number of nitrogens with two attached hydrogens (primary N) is 1. The van der Waals surface area contributed by atoms with E-state index in [0.717, 1.165) is 12.0 Å². The normalized spacial score (nSPS) is 10.6. The minimum atomic E-state index is 0.355. The molecule has 0 saturated carbocycles. The zero-order valence-electron chi connectivity index (χ0n) is 11.3. The second-order valence-corrected chi connectivity index (χ2v) is 4.66. The topological polar surface area (TPSA) is 57.4 Å². The first-order valence-corrected chi connectivity index (χ1v) is 6.71. The monoisotopic (exact) mass is 292 g/mol. The van der Waals surface area contributed by atoms with E-state index in [-0.39, 0.29) is 0 Å². The van der Waals surface area contributed by atoms with Gasteiger partial charge in [0, 0.05) is 19.9 Å². The molecular weight excluding hydrogens is 276 g/mol. The van der Waals surface area contributed by atoms with Gasteiger partial charge in [-0.15, -0.1) is 0 Å². The maximum atomic E-state index is 6.17. The van der Waals surface area contributed by atoms with Crippen molar-refractivity contribution in [3.05, 3.63) is 52.7 Å². The average Bonchev–Trinajstić information content (AvgIpc) is 2.48. The van der Waals surface area contributed by atoms with E-state index in [0.29, 0.717) is 29.8 Å². The summed E-state index contributed by atoms with van der Waals surface area (Å²) in [5.74, 6) is 1.06. The van der Waals surface area contributed by atoms with E-state index in [1.807, 2.05) is 24.3 Å². The van der Waals surface area contributed by atoms with Gasteiger partial charge in [0.2, 0.25) is 5.88 Å². The Labute approximate surface area is 123 Å². The molecule has 0 fully saturated rings. The highest BCUT2D eigenvalue weighted by Crippen LogP contribution is 2.29. The lowest BCUT2D eigenvalue weighted by Gasteiger charge is -2.09. The van der Waals surface area contributed by atoms with E-state index >= 15 is 0 Å². The zero-order valence-corrected chi connectivity index (χ0v) is 12.1. The lowest BCUT2D eigenvalue weighted by Crippen LogP contribution is -1.99. The predicted molar refractivity (Wildman–Crippen MR) is 79.2 cm³/mol. The number of rotatable bonds is 6. The highest BCUT2D eigenvalue weighted by molar-refractivity contribution is 6.32. The molecule has 2 aromatic rings. The first-order chi connectivity index (χ1) is 9.74. The van der Waals surface area contributed by atoms with Crippen molar-refractivity contribution in [1.29, 1.82) is 0 Å². The first kappa shape index (κ1) is 14.8. The van der Waals surface area contributed by atoms with Crippen molar-refractivity contribution in [2.45, 2.75) is 13.0 Å². The van der Waals surface area contributed by atoms with Crippen molar-refractivity contribution < 1.29 is 9.47 Å². The lowest BCUT2D eigenvalue weighted by molar-refractivity contribution is 0.202. The van der Waals surface area contributed by atoms with Crippen LogP contribution in [0.2, 0.25) is 5.02 Å². The fourth-order valence-electron chi connectivity index (χ4n) is 1.75. The van der Waals surface area contributed by atoms with Gasteiger partial charge in [-0.3, -0.25) is 0 Å². The molecule has 0 aliphatic heterocycles. The number of ether oxygens (including phenoxy) is 2. The zero-order chi connectivity index (χ0) is 14.4. The molecule has 0 bridgehead atoms. The quantitative estimate of drug-likeness (QED) is 0.888. The number of hydrogen-bond donors (Lipinski definition) is 1. The predicted octanol–water partition coefficient (Wildman–Crippen LogP) is 3.17. The number of methoxy groups -OCH3 is 1. The third-order valence-electron chi connectivity index (χ3n) is 2.89. The molecule has 0 unspecified atom stereocenters. The third kappa shape index (κ3) is 3.70. The van der Waals surface area contributed by atoms with Crippen LogP contribution < -0.4 is 10.5 Å². The van der Waals surface area contributed by atoms with Gasteiger partial charge in [-0.1, -0.05) is 23.7 Å². The Bertz CT molecular complexity index is 558. The van der Waals surface area contributed by atoms with Crippen LogP contribution in [0.5, 0.6) is 11.6 Å². The van der Waals surface area contributed by atoms with Crippen LogP contribution in [0.4, 0.5) is 0 Å². The minimum Gasteiger partial charge on any atom is -0.438 e. The first-order valence-electron chi connectivity index (χ1n) is 6.33. The fraction of sp³-hybridized carbons (Fsp3) is 0.267. The van der Waals surface area contributed by atoms with Gasteiger partial charge in [0.05, 0.1) is 6.61 Å². The summed E-state index contributed by atoms with van der Waals surface area (Å²) >= 11 is 6.17. The SMILES string of the molecule is COCCc1ccc(Oc2nccc(CN)c2Cl)cc1. The molecule has 2 N–H and O–H groups in total. The van der Waals surface area contributed by atoms with Gasteiger partial charge in [0.25, 0.3) is 0 Å². The van der Waals surface area contributed by atoms with Crippen LogP contribution in [0, 0.1) is 0 Å². The molecule has 5 heteroatoms. The summed E-state index contributed by atoms with van der Waals surface area (Å²) in [7, 11) is 1.69. The van der Waals surface area contributed by atoms with E-state index in [1.54, 1.807) is 19.4 Å². The summed E-state index contributed by atoms with van der Waals surface area (Å²) in [5, 5.41) is 0.457.